The predicted molar refractivity (Wildman–Crippen MR) is 77.7 cm³/mol. The lowest BCUT2D eigenvalue weighted by Crippen LogP contribution is -2.61. The van der Waals surface area contributed by atoms with Gasteiger partial charge >= 0.3 is 0 Å². The summed E-state index contributed by atoms with van der Waals surface area (Å²) in [6, 6.07) is 0.726. The van der Waals surface area contributed by atoms with Crippen molar-refractivity contribution in [2.75, 3.05) is 33.7 Å². The molecule has 1 aliphatic heterocycles. The molecule has 3 nitrogen and oxygen atoms in total. The Labute approximate surface area is 113 Å². The Morgan fingerprint density at radius 1 is 1.22 bits per heavy atom. The van der Waals surface area contributed by atoms with Crippen LogP contribution in [0.15, 0.2) is 0 Å². The Kier molecular flexibility index (Phi) is 4.68. The summed E-state index contributed by atoms with van der Waals surface area (Å²) in [5, 5.41) is 0. The molecule has 2 aliphatic rings. The maximum Gasteiger partial charge on any atom is 0.0360 e. The van der Waals surface area contributed by atoms with Gasteiger partial charge in [0.2, 0.25) is 0 Å². The highest BCUT2D eigenvalue weighted by atomic mass is 15.3. The van der Waals surface area contributed by atoms with E-state index >= 15 is 0 Å². The van der Waals surface area contributed by atoms with Gasteiger partial charge < -0.3 is 10.6 Å². The summed E-state index contributed by atoms with van der Waals surface area (Å²) in [6.07, 6.45) is 8.15. The van der Waals surface area contributed by atoms with E-state index in [9.17, 15) is 0 Å². The molecule has 106 valence electrons. The molecule has 2 rings (SSSR count). The van der Waals surface area contributed by atoms with Gasteiger partial charge in [0.1, 0.15) is 0 Å². The van der Waals surface area contributed by atoms with Crippen LogP contribution in [-0.2, 0) is 0 Å². The van der Waals surface area contributed by atoms with Gasteiger partial charge in [0.25, 0.3) is 0 Å². The first-order valence-corrected chi connectivity index (χ1v) is 7.71. The van der Waals surface area contributed by atoms with Crippen LogP contribution >= 0.6 is 0 Å². The molecule has 0 radical (unpaired) electrons. The molecule has 0 spiro atoms. The second-order valence-electron chi connectivity index (χ2n) is 6.71. The van der Waals surface area contributed by atoms with Gasteiger partial charge in [-0.05, 0) is 52.2 Å². The first-order chi connectivity index (χ1) is 8.60. The molecular weight excluding hydrogens is 222 g/mol. The Hall–Kier alpha value is -0.120. The third-order valence-corrected chi connectivity index (χ3v) is 5.29. The van der Waals surface area contributed by atoms with E-state index in [0.29, 0.717) is 5.54 Å². The molecule has 0 aromatic carbocycles. The molecule has 1 aliphatic carbocycles. The van der Waals surface area contributed by atoms with E-state index in [1.54, 1.807) is 0 Å². The van der Waals surface area contributed by atoms with Crippen LogP contribution in [0.4, 0.5) is 0 Å². The van der Waals surface area contributed by atoms with E-state index in [4.69, 9.17) is 5.73 Å². The fourth-order valence-electron chi connectivity index (χ4n) is 4.28. The van der Waals surface area contributed by atoms with Crippen molar-refractivity contribution in [3.05, 3.63) is 0 Å². The standard InChI is InChI=1S/C15H31N3/c1-13-7-4-5-9-15(13,12-16)18-10-6-8-14(18)11-17(2)3/h13-14H,4-12,16H2,1-3H3. The molecule has 18 heavy (non-hydrogen) atoms. The number of hydrogen-bond donors (Lipinski definition) is 1. The number of likely N-dealkylation sites (N-methyl/N-ethyl adjacent to an activating group) is 1. The van der Waals surface area contributed by atoms with Crippen LogP contribution in [0, 0.1) is 5.92 Å². The van der Waals surface area contributed by atoms with E-state index in [2.05, 4.69) is 30.8 Å². The maximum absolute atomic E-state index is 6.25. The lowest BCUT2D eigenvalue weighted by Gasteiger charge is -2.51. The summed E-state index contributed by atoms with van der Waals surface area (Å²) < 4.78 is 0. The molecule has 3 unspecified atom stereocenters. The van der Waals surface area contributed by atoms with E-state index in [1.807, 2.05) is 0 Å². The summed E-state index contributed by atoms with van der Waals surface area (Å²) in [5.41, 5.74) is 6.55. The van der Waals surface area contributed by atoms with E-state index in [1.165, 1.54) is 51.6 Å². The Bertz CT molecular complexity index is 266. The summed E-state index contributed by atoms with van der Waals surface area (Å²) in [7, 11) is 4.38. The van der Waals surface area contributed by atoms with Crippen molar-refractivity contribution in [1.82, 2.24) is 9.80 Å². The number of hydrogen-bond acceptors (Lipinski definition) is 3. The largest absolute Gasteiger partial charge is 0.329 e. The second-order valence-corrected chi connectivity index (χ2v) is 6.71. The lowest BCUT2D eigenvalue weighted by molar-refractivity contribution is -0.00232. The summed E-state index contributed by atoms with van der Waals surface area (Å²) >= 11 is 0. The lowest BCUT2D eigenvalue weighted by atomic mass is 9.72. The van der Waals surface area contributed by atoms with Crippen molar-refractivity contribution in [2.24, 2.45) is 11.7 Å². The molecule has 0 aromatic rings. The predicted octanol–water partition coefficient (Wildman–Crippen LogP) is 1.92. The second kappa shape index (κ2) is 5.89. The van der Waals surface area contributed by atoms with Crippen molar-refractivity contribution >= 4 is 0 Å². The van der Waals surface area contributed by atoms with Crippen LogP contribution in [0.5, 0.6) is 0 Å². The third kappa shape index (κ3) is 2.59. The minimum atomic E-state index is 0.301. The Balaban J connectivity index is 2.14. The number of nitrogens with zero attached hydrogens (tertiary/aromatic N) is 2. The van der Waals surface area contributed by atoms with Crippen molar-refractivity contribution < 1.29 is 0 Å². The first-order valence-electron chi connectivity index (χ1n) is 7.71. The quantitative estimate of drug-likeness (QED) is 0.831. The molecule has 0 amide bonds. The van der Waals surface area contributed by atoms with Crippen molar-refractivity contribution in [3.8, 4) is 0 Å². The molecule has 2 N–H and O–H groups in total. The average molecular weight is 253 g/mol. The third-order valence-electron chi connectivity index (χ3n) is 5.29. The van der Waals surface area contributed by atoms with Crippen LogP contribution in [0.2, 0.25) is 0 Å². The van der Waals surface area contributed by atoms with Gasteiger partial charge in [0, 0.05) is 24.7 Å². The zero-order valence-corrected chi connectivity index (χ0v) is 12.5. The highest BCUT2D eigenvalue weighted by molar-refractivity contribution is 5.02. The monoisotopic (exact) mass is 253 g/mol. The minimum Gasteiger partial charge on any atom is -0.329 e. The molecule has 1 heterocycles. The van der Waals surface area contributed by atoms with Crippen molar-refractivity contribution in [2.45, 2.75) is 57.0 Å². The molecular formula is C15H31N3. The smallest absolute Gasteiger partial charge is 0.0360 e. The fraction of sp³-hybridized carbons (Fsp3) is 1.00. The van der Waals surface area contributed by atoms with Crippen molar-refractivity contribution in [3.63, 3.8) is 0 Å². The van der Waals surface area contributed by atoms with Gasteiger partial charge in [-0.25, -0.2) is 0 Å². The molecule has 1 saturated carbocycles. The van der Waals surface area contributed by atoms with Crippen LogP contribution in [0.25, 0.3) is 0 Å². The maximum atomic E-state index is 6.25. The fourth-order valence-corrected chi connectivity index (χ4v) is 4.28. The topological polar surface area (TPSA) is 32.5 Å². The summed E-state index contributed by atoms with van der Waals surface area (Å²) in [4.78, 5) is 5.12. The van der Waals surface area contributed by atoms with Gasteiger partial charge in [-0.1, -0.05) is 19.8 Å². The van der Waals surface area contributed by atoms with E-state index < -0.39 is 0 Å². The minimum absolute atomic E-state index is 0.301. The van der Waals surface area contributed by atoms with Crippen LogP contribution in [-0.4, -0.2) is 55.1 Å². The zero-order valence-electron chi connectivity index (χ0n) is 12.5. The van der Waals surface area contributed by atoms with Gasteiger partial charge in [0.05, 0.1) is 0 Å². The number of rotatable bonds is 4. The number of nitrogens with two attached hydrogens (primary N) is 1. The highest BCUT2D eigenvalue weighted by Gasteiger charge is 2.46. The van der Waals surface area contributed by atoms with E-state index in [0.717, 1.165) is 18.5 Å². The highest BCUT2D eigenvalue weighted by Crippen LogP contribution is 2.41. The summed E-state index contributed by atoms with van der Waals surface area (Å²) in [6.45, 7) is 5.73. The van der Waals surface area contributed by atoms with Crippen LogP contribution in [0.3, 0.4) is 0 Å². The SMILES string of the molecule is CC1CCCCC1(CN)N1CCCC1CN(C)C. The normalized spacial score (nSPS) is 38.5. The average Bonchev–Trinajstić information content (AvgIpc) is 2.78. The first kappa shape index (κ1) is 14.3. The molecule has 3 heteroatoms. The van der Waals surface area contributed by atoms with Gasteiger partial charge in [0.15, 0.2) is 0 Å². The molecule has 2 fully saturated rings. The summed E-state index contributed by atoms with van der Waals surface area (Å²) in [5.74, 6) is 0.763. The molecule has 0 bridgehead atoms. The zero-order chi connectivity index (χ0) is 13.2. The van der Waals surface area contributed by atoms with Gasteiger partial charge in [-0.2, -0.15) is 0 Å². The van der Waals surface area contributed by atoms with Gasteiger partial charge in [-0.3, -0.25) is 4.90 Å². The Morgan fingerprint density at radius 3 is 2.61 bits per heavy atom. The molecule has 0 aromatic heterocycles. The van der Waals surface area contributed by atoms with E-state index in [-0.39, 0.29) is 0 Å². The van der Waals surface area contributed by atoms with Crippen LogP contribution in [0.1, 0.15) is 45.4 Å². The van der Waals surface area contributed by atoms with Crippen molar-refractivity contribution in [1.29, 1.82) is 0 Å². The Morgan fingerprint density at radius 2 is 2.00 bits per heavy atom. The van der Waals surface area contributed by atoms with Crippen LogP contribution < -0.4 is 5.73 Å². The number of likely N-dealkylation sites (tertiary alicyclic amines) is 1. The molecule has 1 saturated heterocycles. The molecule has 3 atom stereocenters. The van der Waals surface area contributed by atoms with Gasteiger partial charge in [-0.15, -0.1) is 0 Å².